The molecule has 158 valence electrons. The quantitative estimate of drug-likeness (QED) is 0.627. The molecule has 8 nitrogen and oxygen atoms in total. The fourth-order valence-corrected chi connectivity index (χ4v) is 4.55. The van der Waals surface area contributed by atoms with E-state index in [1.54, 1.807) is 30.6 Å². The minimum absolute atomic E-state index is 0.0151. The summed E-state index contributed by atoms with van der Waals surface area (Å²) in [5, 5.41) is 29.9. The monoisotopic (exact) mass is 419 g/mol. The Morgan fingerprint density at radius 1 is 1.29 bits per heavy atom. The lowest BCUT2D eigenvalue weighted by atomic mass is 9.74. The number of aromatic hydroxyl groups is 1. The van der Waals surface area contributed by atoms with Gasteiger partial charge >= 0.3 is 0 Å². The van der Waals surface area contributed by atoms with E-state index in [1.165, 1.54) is 10.9 Å². The van der Waals surface area contributed by atoms with Gasteiger partial charge in [-0.25, -0.2) is 14.1 Å². The first-order valence-electron chi connectivity index (χ1n) is 10.0. The van der Waals surface area contributed by atoms with E-state index in [9.17, 15) is 5.11 Å². The second-order valence-corrected chi connectivity index (χ2v) is 8.61. The minimum Gasteiger partial charge on any atom is -0.507 e. The zero-order valence-electron chi connectivity index (χ0n) is 17.2. The first-order valence-corrected chi connectivity index (χ1v) is 10.0. The summed E-state index contributed by atoms with van der Waals surface area (Å²) in [6.45, 7) is 8.00. The average molecular weight is 419 g/mol. The number of hydrogen-bond donors (Lipinski definition) is 2. The molecule has 0 radical (unpaired) electrons. The molecule has 2 N–H and O–H groups in total. The van der Waals surface area contributed by atoms with Crippen LogP contribution in [0.15, 0.2) is 55.5 Å². The van der Waals surface area contributed by atoms with Gasteiger partial charge < -0.3 is 5.11 Å². The predicted molar refractivity (Wildman–Crippen MR) is 113 cm³/mol. The van der Waals surface area contributed by atoms with E-state index in [1.807, 2.05) is 19.1 Å². The van der Waals surface area contributed by atoms with Crippen LogP contribution < -0.4 is 5.32 Å². The van der Waals surface area contributed by atoms with E-state index >= 15 is 4.39 Å². The average Bonchev–Trinajstić information content (AvgIpc) is 3.38. The molecule has 2 bridgehead atoms. The van der Waals surface area contributed by atoms with Gasteiger partial charge in [-0.1, -0.05) is 23.9 Å². The number of rotatable bonds is 4. The molecular weight excluding hydrogens is 397 g/mol. The third-order valence-electron chi connectivity index (χ3n) is 6.16. The molecule has 31 heavy (non-hydrogen) atoms. The Morgan fingerprint density at radius 2 is 2.13 bits per heavy atom. The molecule has 0 unspecified atom stereocenters. The van der Waals surface area contributed by atoms with Crippen LogP contribution in [0.1, 0.15) is 26.1 Å². The number of halogens is 1. The molecule has 1 saturated heterocycles. The number of phenolic OH excluding ortho intramolecular Hbond substituents is 1. The van der Waals surface area contributed by atoms with Crippen LogP contribution >= 0.6 is 0 Å². The summed E-state index contributed by atoms with van der Waals surface area (Å²) in [5.41, 5.74) is 1.06. The largest absolute Gasteiger partial charge is 0.507 e. The Morgan fingerprint density at radius 3 is 2.81 bits per heavy atom. The fraction of sp³-hybridized carbons (Fsp3) is 0.318. The van der Waals surface area contributed by atoms with Crippen molar-refractivity contribution in [2.75, 3.05) is 0 Å². The van der Waals surface area contributed by atoms with Crippen molar-refractivity contribution in [3.05, 3.63) is 61.3 Å². The lowest BCUT2D eigenvalue weighted by Crippen LogP contribution is -2.61. The number of aromatic nitrogens is 6. The Bertz CT molecular complexity index is 1180. The molecule has 0 amide bonds. The van der Waals surface area contributed by atoms with Crippen molar-refractivity contribution in [3.8, 4) is 22.7 Å². The highest BCUT2D eigenvalue weighted by molar-refractivity contribution is 5.68. The molecule has 3 aromatic rings. The molecule has 2 aromatic heterocycles. The Hall–Kier alpha value is -3.46. The summed E-state index contributed by atoms with van der Waals surface area (Å²) < 4.78 is 16.8. The molecular formula is C22H22FN7O. The molecule has 0 spiro atoms. The van der Waals surface area contributed by atoms with Crippen LogP contribution in [0.4, 0.5) is 4.39 Å². The molecule has 4 atom stereocenters. The Kier molecular flexibility index (Phi) is 4.26. The smallest absolute Gasteiger partial charge is 0.177 e. The molecule has 5 rings (SSSR count). The third-order valence-corrected chi connectivity index (χ3v) is 6.16. The zero-order chi connectivity index (χ0) is 21.8. The van der Waals surface area contributed by atoms with Gasteiger partial charge in [-0.15, -0.1) is 15.3 Å². The van der Waals surface area contributed by atoms with Crippen LogP contribution in [0.2, 0.25) is 0 Å². The summed E-state index contributed by atoms with van der Waals surface area (Å²) in [6, 6.07) is 5.05. The maximum absolute atomic E-state index is 15.3. The molecule has 0 saturated carbocycles. The maximum atomic E-state index is 15.3. The van der Waals surface area contributed by atoms with Gasteiger partial charge in [0.1, 0.15) is 17.6 Å². The number of fused-ring (bicyclic) bond motifs is 2. The van der Waals surface area contributed by atoms with Crippen LogP contribution in [0.25, 0.3) is 22.5 Å². The number of nitrogens with zero attached hydrogens (tertiary/aromatic N) is 6. The van der Waals surface area contributed by atoms with Crippen LogP contribution in [0.3, 0.4) is 0 Å². The molecule has 1 fully saturated rings. The molecule has 1 aromatic carbocycles. The van der Waals surface area contributed by atoms with E-state index in [0.717, 1.165) is 0 Å². The third kappa shape index (κ3) is 3.21. The number of benzene rings is 1. The molecule has 9 heteroatoms. The van der Waals surface area contributed by atoms with Crippen molar-refractivity contribution in [1.29, 1.82) is 0 Å². The van der Waals surface area contributed by atoms with Crippen molar-refractivity contribution in [3.63, 3.8) is 0 Å². The zero-order valence-corrected chi connectivity index (χ0v) is 17.2. The highest BCUT2D eigenvalue weighted by atomic mass is 19.1. The Balaban J connectivity index is 1.39. The topological polar surface area (TPSA) is 102 Å². The Labute approximate surface area is 178 Å². The number of hydrogen-bond acceptors (Lipinski definition) is 7. The maximum Gasteiger partial charge on any atom is 0.177 e. The summed E-state index contributed by atoms with van der Waals surface area (Å²) in [6.07, 6.45) is 8.09. The molecule has 2 aliphatic rings. The van der Waals surface area contributed by atoms with Crippen molar-refractivity contribution in [1.82, 2.24) is 35.5 Å². The summed E-state index contributed by atoms with van der Waals surface area (Å²) in [7, 11) is 0. The molecule has 4 heterocycles. The fourth-order valence-electron chi connectivity index (χ4n) is 4.55. The highest BCUT2D eigenvalue weighted by Gasteiger charge is 2.53. The van der Waals surface area contributed by atoms with E-state index in [0.29, 0.717) is 34.8 Å². The standard InChI is InChI=1S/C22H22FN7O/c1-13(16-11-21(2)6-7-22(3,28-21)19(16)23)20-24-12-17(26-27-20)15-5-4-14(10-18(15)31)30-9-8-25-29-30/h4-10,12,16,19,28,31H,1,11H2,2-3H3/t16-,19-,21+,22-/m1/s1. The van der Waals surface area contributed by atoms with E-state index < -0.39 is 17.6 Å². The molecule has 2 aliphatic heterocycles. The highest BCUT2D eigenvalue weighted by Crippen LogP contribution is 2.45. The normalized spacial score (nSPS) is 29.3. The van der Waals surface area contributed by atoms with Crippen molar-refractivity contribution >= 4 is 5.57 Å². The van der Waals surface area contributed by atoms with Crippen LogP contribution in [-0.4, -0.2) is 52.5 Å². The van der Waals surface area contributed by atoms with Gasteiger partial charge in [0, 0.05) is 23.1 Å². The van der Waals surface area contributed by atoms with Gasteiger partial charge in [0.05, 0.1) is 29.8 Å². The van der Waals surface area contributed by atoms with E-state index in [4.69, 9.17) is 0 Å². The summed E-state index contributed by atoms with van der Waals surface area (Å²) >= 11 is 0. The minimum atomic E-state index is -1.15. The van der Waals surface area contributed by atoms with E-state index in [-0.39, 0.29) is 11.3 Å². The first-order chi connectivity index (χ1) is 14.8. The second-order valence-electron chi connectivity index (χ2n) is 8.61. The lowest BCUT2D eigenvalue weighted by Gasteiger charge is -2.45. The van der Waals surface area contributed by atoms with Crippen molar-refractivity contribution in [2.24, 2.45) is 5.92 Å². The number of piperidine rings is 1. The molecule has 0 aliphatic carbocycles. The SMILES string of the molecule is C=C(c1ncc(-c2ccc(-n3ccnn3)cc2O)nn1)[C@H]1C[C@]2(C)C=C[C@@](C)(N2)[C@@H]1F. The number of phenols is 1. The second kappa shape index (κ2) is 6.78. The van der Waals surface area contributed by atoms with E-state index in [2.05, 4.69) is 44.3 Å². The number of alkyl halides is 1. The van der Waals surface area contributed by atoms with Gasteiger partial charge in [0.15, 0.2) is 5.82 Å². The predicted octanol–water partition coefficient (Wildman–Crippen LogP) is 2.87. The lowest BCUT2D eigenvalue weighted by molar-refractivity contribution is 0.0911. The van der Waals surface area contributed by atoms with Gasteiger partial charge in [-0.2, -0.15) is 0 Å². The van der Waals surface area contributed by atoms with Crippen LogP contribution in [-0.2, 0) is 0 Å². The van der Waals surface area contributed by atoms with Gasteiger partial charge in [-0.3, -0.25) is 5.32 Å². The van der Waals surface area contributed by atoms with Crippen LogP contribution in [0.5, 0.6) is 5.75 Å². The van der Waals surface area contributed by atoms with Crippen molar-refractivity contribution in [2.45, 2.75) is 37.5 Å². The first kappa shape index (κ1) is 19.5. The number of nitrogens with one attached hydrogen (secondary N) is 1. The van der Waals surface area contributed by atoms with Gasteiger partial charge in [0.2, 0.25) is 0 Å². The summed E-state index contributed by atoms with van der Waals surface area (Å²) in [5.74, 6) is -0.0979. The van der Waals surface area contributed by atoms with Crippen LogP contribution in [0, 0.1) is 5.92 Å². The van der Waals surface area contributed by atoms with Gasteiger partial charge in [-0.05, 0) is 38.0 Å². The van der Waals surface area contributed by atoms with Gasteiger partial charge in [0.25, 0.3) is 0 Å². The summed E-state index contributed by atoms with van der Waals surface area (Å²) in [4.78, 5) is 4.37. The number of allylic oxidation sites excluding steroid dienone is 1. The van der Waals surface area contributed by atoms with Crippen molar-refractivity contribution < 1.29 is 9.50 Å².